The van der Waals surface area contributed by atoms with Gasteiger partial charge in [0.25, 0.3) is 0 Å². The Morgan fingerprint density at radius 3 is 1.63 bits per heavy atom. The van der Waals surface area contributed by atoms with Crippen LogP contribution in [-0.2, 0) is 27.9 Å². The summed E-state index contributed by atoms with van der Waals surface area (Å²) in [7, 11) is -4.29. The number of carbonyl (C=O) groups is 1. The van der Waals surface area contributed by atoms with Crippen LogP contribution in [0.25, 0.3) is 0 Å². The fourth-order valence-corrected chi connectivity index (χ4v) is 5.90. The smallest absolute Gasteiger partial charge is 0.457 e. The minimum Gasteiger partial charge on any atom is -0.457 e. The maximum absolute atomic E-state index is 12.6. The zero-order chi connectivity index (χ0) is 38.1. The average Bonchev–Trinajstić information content (AvgIpc) is 3.13. The van der Waals surface area contributed by atoms with Gasteiger partial charge >= 0.3 is 13.8 Å². The first-order valence-electron chi connectivity index (χ1n) is 20.4. The second-order valence-corrected chi connectivity index (χ2v) is 14.6. The Balaban J connectivity index is 4.18. The molecule has 0 amide bonds. The number of unbranched alkanes of at least 4 members (excludes halogenated alkanes) is 13. The van der Waals surface area contributed by atoms with Gasteiger partial charge in [0.15, 0.2) is 0 Å². The molecule has 52 heavy (non-hydrogen) atoms. The van der Waals surface area contributed by atoms with E-state index in [0.29, 0.717) is 13.0 Å². The topological polar surface area (TPSA) is 117 Å². The Morgan fingerprint density at radius 2 is 1.08 bits per heavy atom. The molecule has 0 radical (unpaired) electrons. The average molecular weight is 750 g/mol. The number of phosphoric ester groups is 1. The van der Waals surface area contributed by atoms with Crippen molar-refractivity contribution in [2.24, 2.45) is 5.73 Å². The van der Waals surface area contributed by atoms with Crippen LogP contribution in [0, 0.1) is 0 Å². The van der Waals surface area contributed by atoms with Gasteiger partial charge in [0, 0.05) is 19.6 Å². The van der Waals surface area contributed by atoms with E-state index in [1.165, 1.54) is 51.4 Å². The molecule has 0 aliphatic rings. The molecule has 9 heteroatoms. The maximum Gasteiger partial charge on any atom is 0.472 e. The first-order chi connectivity index (χ1) is 25.4. The van der Waals surface area contributed by atoms with E-state index < -0.39 is 13.9 Å². The zero-order valence-electron chi connectivity index (χ0n) is 33.0. The lowest BCUT2D eigenvalue weighted by Crippen LogP contribution is -2.28. The van der Waals surface area contributed by atoms with Crippen LogP contribution in [0.15, 0.2) is 72.9 Å². The number of allylic oxidation sites excluding steroid dienone is 12. The number of hydrogen-bond acceptors (Lipinski definition) is 7. The van der Waals surface area contributed by atoms with Gasteiger partial charge in [-0.25, -0.2) is 4.57 Å². The van der Waals surface area contributed by atoms with Crippen LogP contribution in [0.3, 0.4) is 0 Å². The number of carbonyl (C=O) groups excluding carboxylic acids is 1. The fraction of sp³-hybridized carbons (Fsp3) is 0.698. The van der Waals surface area contributed by atoms with Gasteiger partial charge in [-0.1, -0.05) is 138 Å². The molecule has 0 aliphatic heterocycles. The molecule has 8 nitrogen and oxygen atoms in total. The van der Waals surface area contributed by atoms with Crippen molar-refractivity contribution in [2.45, 2.75) is 161 Å². The van der Waals surface area contributed by atoms with Crippen molar-refractivity contribution in [3.8, 4) is 0 Å². The van der Waals surface area contributed by atoms with Crippen LogP contribution in [0.5, 0.6) is 0 Å². The predicted octanol–water partition coefficient (Wildman–Crippen LogP) is 12.0. The van der Waals surface area contributed by atoms with Crippen molar-refractivity contribution < 1.29 is 32.8 Å². The molecule has 0 heterocycles. The van der Waals surface area contributed by atoms with Crippen LogP contribution in [0.1, 0.15) is 155 Å². The van der Waals surface area contributed by atoms with Crippen molar-refractivity contribution in [3.05, 3.63) is 72.9 Å². The van der Waals surface area contributed by atoms with E-state index in [4.69, 9.17) is 24.3 Å². The second-order valence-electron chi connectivity index (χ2n) is 13.1. The number of phosphoric acid groups is 1. The van der Waals surface area contributed by atoms with Crippen LogP contribution in [0.4, 0.5) is 0 Å². The van der Waals surface area contributed by atoms with Gasteiger partial charge in [-0.05, 0) is 83.5 Å². The third kappa shape index (κ3) is 39.2. The highest BCUT2D eigenvalue weighted by Gasteiger charge is 2.25. The largest absolute Gasteiger partial charge is 0.472 e. The molecule has 2 atom stereocenters. The highest BCUT2D eigenvalue weighted by atomic mass is 31.2. The Bertz CT molecular complexity index is 1020. The third-order valence-electron chi connectivity index (χ3n) is 8.11. The first-order valence-corrected chi connectivity index (χ1v) is 21.9. The summed E-state index contributed by atoms with van der Waals surface area (Å²) < 4.78 is 33.3. The number of esters is 1. The summed E-state index contributed by atoms with van der Waals surface area (Å²) in [5.74, 6) is -0.358. The van der Waals surface area contributed by atoms with E-state index in [9.17, 15) is 14.3 Å². The van der Waals surface area contributed by atoms with Gasteiger partial charge < -0.3 is 20.1 Å². The molecule has 0 saturated carbocycles. The van der Waals surface area contributed by atoms with Crippen molar-refractivity contribution in [1.29, 1.82) is 0 Å². The number of hydrogen-bond donors (Lipinski definition) is 2. The summed E-state index contributed by atoms with van der Waals surface area (Å²) in [6.45, 7) is 4.66. The van der Waals surface area contributed by atoms with E-state index in [-0.39, 0.29) is 32.3 Å². The van der Waals surface area contributed by atoms with Gasteiger partial charge in [-0.2, -0.15) is 0 Å². The normalized spacial score (nSPS) is 14.3. The van der Waals surface area contributed by atoms with Crippen molar-refractivity contribution in [3.63, 3.8) is 0 Å². The lowest BCUT2D eigenvalue weighted by molar-refractivity contribution is -0.154. The molecule has 0 bridgehead atoms. The minimum absolute atomic E-state index is 0.0800. The second kappa shape index (κ2) is 40.1. The van der Waals surface area contributed by atoms with Crippen LogP contribution in [0.2, 0.25) is 0 Å². The molecular weight excluding hydrogens is 673 g/mol. The quantitative estimate of drug-likeness (QED) is 0.0277. The molecule has 3 N–H and O–H groups in total. The van der Waals surface area contributed by atoms with E-state index in [1.54, 1.807) is 0 Å². The predicted molar refractivity (Wildman–Crippen MR) is 219 cm³/mol. The Labute approximate surface area is 318 Å². The van der Waals surface area contributed by atoms with Gasteiger partial charge in [0.1, 0.15) is 6.10 Å². The highest BCUT2D eigenvalue weighted by Crippen LogP contribution is 2.43. The van der Waals surface area contributed by atoms with Crippen LogP contribution >= 0.6 is 7.82 Å². The Morgan fingerprint density at radius 1 is 0.596 bits per heavy atom. The Hall–Kier alpha value is -2.06. The van der Waals surface area contributed by atoms with Crippen molar-refractivity contribution in [1.82, 2.24) is 0 Å². The summed E-state index contributed by atoms with van der Waals surface area (Å²) in [4.78, 5) is 22.4. The molecule has 0 aromatic rings. The zero-order valence-corrected chi connectivity index (χ0v) is 33.9. The summed E-state index contributed by atoms with van der Waals surface area (Å²) in [5.41, 5.74) is 5.36. The molecular formula is C43H76NO7P. The van der Waals surface area contributed by atoms with Crippen molar-refractivity contribution >= 4 is 13.8 Å². The number of ether oxygens (including phenoxy) is 2. The molecule has 0 aromatic heterocycles. The van der Waals surface area contributed by atoms with E-state index in [2.05, 4.69) is 86.8 Å². The van der Waals surface area contributed by atoms with Crippen LogP contribution < -0.4 is 5.73 Å². The monoisotopic (exact) mass is 750 g/mol. The summed E-state index contributed by atoms with van der Waals surface area (Å²) >= 11 is 0. The van der Waals surface area contributed by atoms with E-state index >= 15 is 0 Å². The lowest BCUT2D eigenvalue weighted by atomic mass is 10.1. The molecule has 2 unspecified atom stereocenters. The molecule has 0 saturated heterocycles. The van der Waals surface area contributed by atoms with Gasteiger partial charge in [0.2, 0.25) is 0 Å². The summed E-state index contributed by atoms with van der Waals surface area (Å²) in [6, 6.07) is 0. The number of nitrogens with two attached hydrogens (primary N) is 1. The molecule has 300 valence electrons. The lowest BCUT2D eigenvalue weighted by Gasteiger charge is -2.20. The van der Waals surface area contributed by atoms with E-state index in [1.807, 2.05) is 0 Å². The first kappa shape index (κ1) is 49.9. The highest BCUT2D eigenvalue weighted by molar-refractivity contribution is 7.47. The summed E-state index contributed by atoms with van der Waals surface area (Å²) in [6.07, 6.45) is 49.2. The molecule has 0 rings (SSSR count). The molecule has 0 aliphatic carbocycles. The molecule has 0 fully saturated rings. The van der Waals surface area contributed by atoms with Gasteiger partial charge in [-0.15, -0.1) is 0 Å². The summed E-state index contributed by atoms with van der Waals surface area (Å²) in [5, 5.41) is 0. The minimum atomic E-state index is -4.29. The van der Waals surface area contributed by atoms with Crippen molar-refractivity contribution in [2.75, 3.05) is 33.0 Å². The Kier molecular flexibility index (Phi) is 38.5. The third-order valence-corrected chi connectivity index (χ3v) is 9.09. The standard InChI is InChI=1S/C43H76NO7P/c1-3-5-7-9-11-13-15-17-19-20-21-23-25-27-29-31-33-35-38-48-40-42(41-50-52(46,47)49-39-37-44)51-43(45)36-34-32-30-28-26-24-22-18-16-14-12-10-8-6-4-2/h5,7,11,13,17-19,21-23,27,29,42H,3-4,6,8-10,12,14-16,20,24-26,28,30-41,44H2,1-2H3,(H,46,47)/b7-5-,13-11-,19-17-,22-18-,23-21-,29-27-. The van der Waals surface area contributed by atoms with Gasteiger partial charge in [0.05, 0.1) is 19.8 Å². The molecule has 0 aromatic carbocycles. The SMILES string of the molecule is CC/C=C\C/C=C\C/C=C\C/C=C\C/C=C\CCCCOCC(COP(=O)(O)OCCN)OC(=O)CCCCCCC/C=C\CCCCCCCC. The van der Waals surface area contributed by atoms with Gasteiger partial charge in [-0.3, -0.25) is 13.8 Å². The van der Waals surface area contributed by atoms with Crippen LogP contribution in [-0.4, -0.2) is 49.9 Å². The van der Waals surface area contributed by atoms with E-state index in [0.717, 1.165) is 83.5 Å². The molecule has 0 spiro atoms. The maximum atomic E-state index is 12.6. The fourth-order valence-electron chi connectivity index (χ4n) is 5.13. The number of rotatable bonds is 38.